The summed E-state index contributed by atoms with van der Waals surface area (Å²) in [5.74, 6) is -1.79. The van der Waals surface area contributed by atoms with E-state index in [0.29, 0.717) is 11.1 Å². The predicted octanol–water partition coefficient (Wildman–Crippen LogP) is 4.08. The number of nitrogens with zero attached hydrogens (tertiary/aromatic N) is 1. The molecule has 1 atom stereocenters. The summed E-state index contributed by atoms with van der Waals surface area (Å²) in [6.07, 6.45) is 0. The molecule has 2 aromatic carbocycles. The van der Waals surface area contributed by atoms with E-state index in [0.717, 1.165) is 4.47 Å². The van der Waals surface area contributed by atoms with Gasteiger partial charge in [-0.05, 0) is 29.8 Å². The second kappa shape index (κ2) is 5.77. The summed E-state index contributed by atoms with van der Waals surface area (Å²) >= 11 is 3.27. The average molecular weight is 318 g/mol. The Balaban J connectivity index is 2.38. The highest BCUT2D eigenvalue weighted by atomic mass is 79.9. The average Bonchev–Trinajstić information content (AvgIpc) is 2.39. The van der Waals surface area contributed by atoms with Gasteiger partial charge in [-0.3, -0.25) is 4.79 Å². The second-order valence-electron chi connectivity index (χ2n) is 3.99. The first-order valence-electron chi connectivity index (χ1n) is 5.56. The summed E-state index contributed by atoms with van der Waals surface area (Å²) < 4.78 is 13.9. The first-order chi connectivity index (χ1) is 9.11. The van der Waals surface area contributed by atoms with Gasteiger partial charge in [-0.25, -0.2) is 4.39 Å². The number of nitriles is 1. The number of Topliss-reactive ketones (excluding diaryl/α,β-unsaturated/α-hetero) is 1. The highest BCUT2D eigenvalue weighted by Crippen LogP contribution is 2.22. The third-order valence-electron chi connectivity index (χ3n) is 2.68. The molecule has 0 fully saturated rings. The summed E-state index contributed by atoms with van der Waals surface area (Å²) in [4.78, 5) is 12.3. The number of carbonyl (C=O) groups excluding carboxylic acids is 1. The van der Waals surface area contributed by atoms with Crippen molar-refractivity contribution in [3.8, 4) is 6.07 Å². The molecule has 0 aliphatic heterocycles. The number of carbonyl (C=O) groups is 1. The van der Waals surface area contributed by atoms with Crippen LogP contribution < -0.4 is 0 Å². The maximum atomic E-state index is 13.2. The summed E-state index contributed by atoms with van der Waals surface area (Å²) in [7, 11) is 0. The lowest BCUT2D eigenvalue weighted by atomic mass is 9.92. The van der Waals surface area contributed by atoms with E-state index >= 15 is 0 Å². The van der Waals surface area contributed by atoms with Gasteiger partial charge in [0.15, 0.2) is 5.78 Å². The molecule has 94 valence electrons. The largest absolute Gasteiger partial charge is 0.292 e. The van der Waals surface area contributed by atoms with Crippen molar-refractivity contribution in [1.82, 2.24) is 0 Å². The minimum atomic E-state index is -0.995. The Morgan fingerprint density at radius 1 is 1.21 bits per heavy atom. The standard InChI is InChI=1S/C15H9BrFNO/c16-12-5-1-4-11(7-12)15(19)14(9-18)10-3-2-6-13(17)8-10/h1-8,14H. The lowest BCUT2D eigenvalue weighted by Gasteiger charge is -2.09. The van der Waals surface area contributed by atoms with E-state index in [1.54, 1.807) is 30.3 Å². The van der Waals surface area contributed by atoms with Crippen LogP contribution in [0.15, 0.2) is 53.0 Å². The van der Waals surface area contributed by atoms with Gasteiger partial charge in [0.25, 0.3) is 0 Å². The molecule has 2 nitrogen and oxygen atoms in total. The first-order valence-corrected chi connectivity index (χ1v) is 6.36. The van der Waals surface area contributed by atoms with E-state index in [1.165, 1.54) is 18.2 Å². The van der Waals surface area contributed by atoms with Crippen LogP contribution in [-0.2, 0) is 0 Å². The van der Waals surface area contributed by atoms with Crippen LogP contribution >= 0.6 is 15.9 Å². The Bertz CT molecular complexity index is 663. The van der Waals surface area contributed by atoms with E-state index in [-0.39, 0.29) is 5.78 Å². The maximum Gasteiger partial charge on any atom is 0.184 e. The molecule has 19 heavy (non-hydrogen) atoms. The third-order valence-corrected chi connectivity index (χ3v) is 3.18. The van der Waals surface area contributed by atoms with Crippen LogP contribution in [0.4, 0.5) is 4.39 Å². The van der Waals surface area contributed by atoms with Gasteiger partial charge in [0, 0.05) is 10.0 Å². The van der Waals surface area contributed by atoms with E-state index < -0.39 is 11.7 Å². The molecule has 2 rings (SSSR count). The maximum absolute atomic E-state index is 13.2. The Labute approximate surface area is 118 Å². The molecule has 0 N–H and O–H groups in total. The molecule has 0 heterocycles. The number of hydrogen-bond acceptors (Lipinski definition) is 2. The molecule has 0 bridgehead atoms. The van der Waals surface area contributed by atoms with Crippen molar-refractivity contribution in [2.45, 2.75) is 5.92 Å². The molecule has 0 saturated carbocycles. The first kappa shape index (κ1) is 13.4. The second-order valence-corrected chi connectivity index (χ2v) is 4.91. The van der Waals surface area contributed by atoms with Gasteiger partial charge in [0.2, 0.25) is 0 Å². The van der Waals surface area contributed by atoms with E-state index in [4.69, 9.17) is 5.26 Å². The molecule has 0 radical (unpaired) electrons. The lowest BCUT2D eigenvalue weighted by Crippen LogP contribution is -2.11. The van der Waals surface area contributed by atoms with Crippen molar-refractivity contribution in [1.29, 1.82) is 5.26 Å². The fourth-order valence-electron chi connectivity index (χ4n) is 1.78. The molecule has 0 aromatic heterocycles. The predicted molar refractivity (Wildman–Crippen MR) is 73.2 cm³/mol. The van der Waals surface area contributed by atoms with Crippen molar-refractivity contribution in [3.05, 3.63) is 69.9 Å². The zero-order valence-electron chi connectivity index (χ0n) is 9.81. The minimum absolute atomic E-state index is 0.339. The van der Waals surface area contributed by atoms with E-state index in [2.05, 4.69) is 15.9 Å². The minimum Gasteiger partial charge on any atom is -0.292 e. The van der Waals surface area contributed by atoms with Crippen molar-refractivity contribution in [2.24, 2.45) is 0 Å². The Morgan fingerprint density at radius 2 is 1.95 bits per heavy atom. The monoisotopic (exact) mass is 317 g/mol. The lowest BCUT2D eigenvalue weighted by molar-refractivity contribution is 0.0979. The van der Waals surface area contributed by atoms with Crippen LogP contribution in [0.25, 0.3) is 0 Å². The number of hydrogen-bond donors (Lipinski definition) is 0. The van der Waals surface area contributed by atoms with Crippen LogP contribution in [0.5, 0.6) is 0 Å². The fraction of sp³-hybridized carbons (Fsp3) is 0.0667. The molecule has 4 heteroatoms. The number of ketones is 1. The smallest absolute Gasteiger partial charge is 0.184 e. The van der Waals surface area contributed by atoms with Crippen molar-refractivity contribution < 1.29 is 9.18 Å². The molecule has 0 aliphatic carbocycles. The highest BCUT2D eigenvalue weighted by Gasteiger charge is 2.22. The van der Waals surface area contributed by atoms with Crippen LogP contribution in [0, 0.1) is 17.1 Å². The molecular weight excluding hydrogens is 309 g/mol. The number of rotatable bonds is 3. The van der Waals surface area contributed by atoms with Crippen LogP contribution in [0.3, 0.4) is 0 Å². The molecular formula is C15H9BrFNO. The quantitative estimate of drug-likeness (QED) is 0.800. The van der Waals surface area contributed by atoms with Gasteiger partial charge in [-0.2, -0.15) is 5.26 Å². The van der Waals surface area contributed by atoms with Crippen molar-refractivity contribution in [3.63, 3.8) is 0 Å². The SMILES string of the molecule is N#CC(C(=O)c1cccc(Br)c1)c1cccc(F)c1. The zero-order valence-corrected chi connectivity index (χ0v) is 11.4. The topological polar surface area (TPSA) is 40.9 Å². The van der Waals surface area contributed by atoms with Crippen LogP contribution in [0.1, 0.15) is 21.8 Å². The number of halogens is 2. The molecule has 0 aliphatic rings. The van der Waals surface area contributed by atoms with Crippen LogP contribution in [0.2, 0.25) is 0 Å². The van der Waals surface area contributed by atoms with Gasteiger partial charge in [0.05, 0.1) is 6.07 Å². The van der Waals surface area contributed by atoms with Crippen molar-refractivity contribution >= 4 is 21.7 Å². The Kier molecular flexibility index (Phi) is 4.08. The van der Waals surface area contributed by atoms with Gasteiger partial charge in [0.1, 0.15) is 11.7 Å². The van der Waals surface area contributed by atoms with E-state index in [9.17, 15) is 9.18 Å². The third kappa shape index (κ3) is 3.07. The van der Waals surface area contributed by atoms with E-state index in [1.807, 2.05) is 6.07 Å². The highest BCUT2D eigenvalue weighted by molar-refractivity contribution is 9.10. The molecule has 1 unspecified atom stereocenters. The van der Waals surface area contributed by atoms with Gasteiger partial charge < -0.3 is 0 Å². The fourth-order valence-corrected chi connectivity index (χ4v) is 2.18. The normalized spacial score (nSPS) is 11.6. The molecule has 0 spiro atoms. The summed E-state index contributed by atoms with van der Waals surface area (Å²) in [6.45, 7) is 0. The zero-order chi connectivity index (χ0) is 13.8. The summed E-state index contributed by atoms with van der Waals surface area (Å²) in [5, 5.41) is 9.17. The van der Waals surface area contributed by atoms with Crippen LogP contribution in [-0.4, -0.2) is 5.78 Å². The van der Waals surface area contributed by atoms with Gasteiger partial charge in [-0.15, -0.1) is 0 Å². The molecule has 0 saturated heterocycles. The molecule has 0 amide bonds. The molecule has 2 aromatic rings. The Morgan fingerprint density at radius 3 is 2.58 bits per heavy atom. The number of benzene rings is 2. The Hall–Kier alpha value is -1.99. The summed E-state index contributed by atoms with van der Waals surface area (Å²) in [5.41, 5.74) is 0.790. The van der Waals surface area contributed by atoms with Crippen molar-refractivity contribution in [2.75, 3.05) is 0 Å². The van der Waals surface area contributed by atoms with Gasteiger partial charge in [-0.1, -0.05) is 40.2 Å². The van der Waals surface area contributed by atoms with Gasteiger partial charge >= 0.3 is 0 Å². The summed E-state index contributed by atoms with van der Waals surface area (Å²) in [6, 6.07) is 14.3.